The molecule has 0 bridgehead atoms. The second-order valence-electron chi connectivity index (χ2n) is 6.38. The summed E-state index contributed by atoms with van der Waals surface area (Å²) in [7, 11) is 0. The number of nitrogens with one attached hydrogen (secondary N) is 1. The largest absolute Gasteiger partial charge is 0.465 e. The van der Waals surface area contributed by atoms with Crippen LogP contribution in [-0.2, 0) is 12.6 Å². The quantitative estimate of drug-likeness (QED) is 0.482. The number of benzene rings is 2. The topological polar surface area (TPSA) is 75.4 Å². The van der Waals surface area contributed by atoms with Gasteiger partial charge in [0, 0.05) is 15.6 Å². The molecule has 1 heterocycles. The lowest BCUT2D eigenvalue weighted by Crippen LogP contribution is -2.29. The van der Waals surface area contributed by atoms with Crippen LogP contribution in [-0.4, -0.2) is 16.4 Å². The van der Waals surface area contributed by atoms with E-state index in [0.717, 1.165) is 10.5 Å². The van der Waals surface area contributed by atoms with Gasteiger partial charge in [0.05, 0.1) is 17.3 Å². The second-order valence-corrected chi connectivity index (χ2v) is 7.29. The molecule has 1 aromatic heterocycles. The average molecular weight is 469 g/mol. The highest BCUT2D eigenvalue weighted by atomic mass is 79.9. The van der Waals surface area contributed by atoms with E-state index in [4.69, 9.17) is 4.52 Å². The van der Waals surface area contributed by atoms with Gasteiger partial charge >= 0.3 is 12.3 Å². The lowest BCUT2D eigenvalue weighted by molar-refractivity contribution is -0.138. The van der Waals surface area contributed by atoms with Crippen molar-refractivity contribution in [1.29, 1.82) is 0 Å². The molecular formula is C20H16BrF3N2O3. The molecule has 2 N–H and O–H groups in total. The maximum Gasteiger partial charge on any atom is 0.416 e. The van der Waals surface area contributed by atoms with Gasteiger partial charge in [0.15, 0.2) is 5.76 Å². The van der Waals surface area contributed by atoms with Crippen molar-refractivity contribution >= 4 is 22.0 Å². The van der Waals surface area contributed by atoms with Crippen LogP contribution in [0.5, 0.6) is 0 Å². The minimum atomic E-state index is -4.55. The molecule has 1 amide bonds. The van der Waals surface area contributed by atoms with E-state index in [1.807, 2.05) is 0 Å². The molecule has 3 aromatic rings. The third kappa shape index (κ3) is 4.79. The van der Waals surface area contributed by atoms with E-state index in [1.54, 1.807) is 31.2 Å². The van der Waals surface area contributed by atoms with Crippen LogP contribution in [0.25, 0.3) is 11.3 Å². The van der Waals surface area contributed by atoms with Gasteiger partial charge in [-0.1, -0.05) is 51.4 Å². The van der Waals surface area contributed by atoms with E-state index in [9.17, 15) is 23.1 Å². The lowest BCUT2D eigenvalue weighted by atomic mass is 9.92. The van der Waals surface area contributed by atoms with Crippen molar-refractivity contribution in [2.45, 2.75) is 25.6 Å². The Hall–Kier alpha value is -2.81. The average Bonchev–Trinajstić information content (AvgIpc) is 3.02. The van der Waals surface area contributed by atoms with Crippen molar-refractivity contribution < 1.29 is 27.6 Å². The predicted molar refractivity (Wildman–Crippen MR) is 103 cm³/mol. The summed E-state index contributed by atoms with van der Waals surface area (Å²) in [5.74, 6) is 0.304. The molecule has 5 nitrogen and oxygen atoms in total. The summed E-state index contributed by atoms with van der Waals surface area (Å²) in [6.07, 6.45) is -6.13. The van der Waals surface area contributed by atoms with Crippen molar-refractivity contribution in [1.82, 2.24) is 10.5 Å². The van der Waals surface area contributed by atoms with Gasteiger partial charge in [-0.3, -0.25) is 0 Å². The van der Waals surface area contributed by atoms with Gasteiger partial charge in [-0.2, -0.15) is 13.2 Å². The Balaban J connectivity index is 2.07. The first-order valence-corrected chi connectivity index (χ1v) is 9.32. The number of carbonyl (C=O) groups is 1. The summed E-state index contributed by atoms with van der Waals surface area (Å²) in [6.45, 7) is 1.62. The standard InChI is InChI=1S/C20H16BrF3N2O3/c1-11-17(18(29-26-11)12-6-8-14(21)9-7-12)16(25-19(27)28)10-13-4-2-3-5-15(13)20(22,23)24/h2-9,16,25H,10H2,1H3,(H,27,28)/t16-/m1/s1. The van der Waals surface area contributed by atoms with Gasteiger partial charge < -0.3 is 14.9 Å². The molecule has 0 unspecified atom stereocenters. The molecule has 0 spiro atoms. The van der Waals surface area contributed by atoms with E-state index in [-0.39, 0.29) is 12.0 Å². The molecule has 0 radical (unpaired) electrons. The summed E-state index contributed by atoms with van der Waals surface area (Å²) in [4.78, 5) is 11.4. The number of aryl methyl sites for hydroxylation is 1. The van der Waals surface area contributed by atoms with Crippen LogP contribution in [0.3, 0.4) is 0 Å². The smallest absolute Gasteiger partial charge is 0.416 e. The highest BCUT2D eigenvalue weighted by molar-refractivity contribution is 9.10. The fraction of sp³-hybridized carbons (Fsp3) is 0.200. The fourth-order valence-electron chi connectivity index (χ4n) is 3.17. The maximum absolute atomic E-state index is 13.4. The van der Waals surface area contributed by atoms with Crippen LogP contribution in [0.2, 0.25) is 0 Å². The Bertz CT molecular complexity index is 1020. The van der Waals surface area contributed by atoms with Crippen LogP contribution < -0.4 is 5.32 Å². The summed E-state index contributed by atoms with van der Waals surface area (Å²) in [5, 5.41) is 15.5. The molecule has 1 atom stereocenters. The Kier molecular flexibility index (Phi) is 5.97. The fourth-order valence-corrected chi connectivity index (χ4v) is 3.43. The Morgan fingerprint density at radius 1 is 1.21 bits per heavy atom. The van der Waals surface area contributed by atoms with Crippen LogP contribution in [0.4, 0.5) is 18.0 Å². The van der Waals surface area contributed by atoms with Crippen molar-refractivity contribution in [3.05, 3.63) is 75.4 Å². The summed E-state index contributed by atoms with van der Waals surface area (Å²) >= 11 is 3.33. The number of hydrogen-bond acceptors (Lipinski definition) is 3. The van der Waals surface area contributed by atoms with Gasteiger partial charge in [0.2, 0.25) is 0 Å². The van der Waals surface area contributed by atoms with E-state index in [0.29, 0.717) is 22.6 Å². The molecule has 3 rings (SSSR count). The normalized spacial score (nSPS) is 12.6. The molecule has 0 aliphatic rings. The van der Waals surface area contributed by atoms with Crippen LogP contribution in [0.15, 0.2) is 57.5 Å². The number of amides is 1. The first-order chi connectivity index (χ1) is 13.7. The van der Waals surface area contributed by atoms with Gasteiger partial charge in [-0.05, 0) is 37.1 Å². The summed E-state index contributed by atoms with van der Waals surface area (Å²) in [5.41, 5.74) is 0.584. The molecule has 0 aliphatic carbocycles. The number of alkyl halides is 3. The highest BCUT2D eigenvalue weighted by Gasteiger charge is 2.34. The van der Waals surface area contributed by atoms with E-state index in [1.165, 1.54) is 18.2 Å². The first kappa shape index (κ1) is 20.9. The van der Waals surface area contributed by atoms with Crippen molar-refractivity contribution in [2.24, 2.45) is 0 Å². The predicted octanol–water partition coefficient (Wildman–Crippen LogP) is 5.98. The molecule has 29 heavy (non-hydrogen) atoms. The molecule has 152 valence electrons. The number of halogens is 4. The summed E-state index contributed by atoms with van der Waals surface area (Å²) < 4.78 is 46.4. The number of nitrogens with zero attached hydrogens (tertiary/aromatic N) is 1. The van der Waals surface area contributed by atoms with Crippen molar-refractivity contribution in [3.8, 4) is 11.3 Å². The van der Waals surface area contributed by atoms with E-state index >= 15 is 0 Å². The zero-order valence-electron chi connectivity index (χ0n) is 15.1. The maximum atomic E-state index is 13.4. The van der Waals surface area contributed by atoms with E-state index in [2.05, 4.69) is 26.4 Å². The number of aromatic nitrogens is 1. The lowest BCUT2D eigenvalue weighted by Gasteiger charge is -2.20. The van der Waals surface area contributed by atoms with Gasteiger partial charge in [-0.25, -0.2) is 4.79 Å². The second kappa shape index (κ2) is 8.28. The molecule has 2 aromatic carbocycles. The molecule has 0 aliphatic heterocycles. The molecular weight excluding hydrogens is 453 g/mol. The SMILES string of the molecule is Cc1noc(-c2ccc(Br)cc2)c1[C@@H](Cc1ccccc1C(F)(F)F)NC(=O)O. The zero-order valence-corrected chi connectivity index (χ0v) is 16.7. The van der Waals surface area contributed by atoms with Crippen LogP contribution >= 0.6 is 15.9 Å². The Morgan fingerprint density at radius 3 is 2.48 bits per heavy atom. The molecule has 0 saturated heterocycles. The van der Waals surface area contributed by atoms with Gasteiger partial charge in [-0.15, -0.1) is 0 Å². The monoisotopic (exact) mass is 468 g/mol. The van der Waals surface area contributed by atoms with E-state index < -0.39 is 23.9 Å². The van der Waals surface area contributed by atoms with Crippen molar-refractivity contribution in [2.75, 3.05) is 0 Å². The van der Waals surface area contributed by atoms with Crippen LogP contribution in [0, 0.1) is 6.92 Å². The minimum absolute atomic E-state index is 0.0268. The number of rotatable bonds is 5. The van der Waals surface area contributed by atoms with Gasteiger partial charge in [0.25, 0.3) is 0 Å². The van der Waals surface area contributed by atoms with Crippen molar-refractivity contribution in [3.63, 3.8) is 0 Å². The van der Waals surface area contributed by atoms with Crippen LogP contribution in [0.1, 0.15) is 28.4 Å². The Labute approximate surface area is 172 Å². The first-order valence-electron chi connectivity index (χ1n) is 8.53. The molecule has 0 saturated carbocycles. The van der Waals surface area contributed by atoms with Gasteiger partial charge in [0.1, 0.15) is 0 Å². The minimum Gasteiger partial charge on any atom is -0.465 e. The zero-order chi connectivity index (χ0) is 21.2. The summed E-state index contributed by atoms with van der Waals surface area (Å²) in [6, 6.07) is 11.1. The Morgan fingerprint density at radius 2 is 1.86 bits per heavy atom. The molecule has 0 fully saturated rings. The third-order valence-corrected chi connectivity index (χ3v) is 4.94. The third-order valence-electron chi connectivity index (χ3n) is 4.41. The number of carboxylic acid groups (broad SMARTS) is 1. The molecule has 9 heteroatoms. The number of hydrogen-bond donors (Lipinski definition) is 2. The highest BCUT2D eigenvalue weighted by Crippen LogP contribution is 2.37.